The zero-order valence-electron chi connectivity index (χ0n) is 15.7. The quantitative estimate of drug-likeness (QED) is 0.467. The normalized spacial score (nSPS) is 10.2. The lowest BCUT2D eigenvalue weighted by atomic mass is 10.1. The Morgan fingerprint density at radius 2 is 1.64 bits per heavy atom. The fourth-order valence-corrected chi connectivity index (χ4v) is 2.50. The summed E-state index contributed by atoms with van der Waals surface area (Å²) in [4.78, 5) is 35.2. The van der Waals surface area contributed by atoms with Crippen LogP contribution in [0, 0.1) is 0 Å². The predicted molar refractivity (Wildman–Crippen MR) is 109 cm³/mol. The number of carbonyl (C=O) groups excluding carboxylic acids is 3. The second-order valence-corrected chi connectivity index (χ2v) is 6.53. The minimum Gasteiger partial charge on any atom is -0.484 e. The molecule has 0 heterocycles. The number of carbonyl (C=O) groups is 3. The molecule has 0 aliphatic carbocycles. The van der Waals surface area contributed by atoms with Crippen LogP contribution >= 0.6 is 11.6 Å². The molecule has 0 radical (unpaired) electrons. The molecule has 2 aromatic rings. The molecule has 28 heavy (non-hydrogen) atoms. The molecular weight excluding hydrogens is 380 g/mol. The highest BCUT2D eigenvalue weighted by Crippen LogP contribution is 2.14. The SMILES string of the molecule is CCC(=O)c1ccc(OCC(=O)NCCCC(=O)Nc2ccc(Cl)cc2)cc1. The Kier molecular flexibility index (Phi) is 8.49. The van der Waals surface area contributed by atoms with Crippen LogP contribution in [0.4, 0.5) is 5.69 Å². The summed E-state index contributed by atoms with van der Waals surface area (Å²) in [5.41, 5.74) is 1.30. The molecular formula is C21H23ClN2O4. The van der Waals surface area contributed by atoms with Crippen LogP contribution in [-0.2, 0) is 9.59 Å². The third-order valence-electron chi connectivity index (χ3n) is 3.90. The van der Waals surface area contributed by atoms with E-state index in [0.29, 0.717) is 41.4 Å². The number of ketones is 1. The zero-order chi connectivity index (χ0) is 20.4. The third kappa shape index (κ3) is 7.40. The fraction of sp³-hybridized carbons (Fsp3) is 0.286. The zero-order valence-corrected chi connectivity index (χ0v) is 16.4. The molecule has 0 aromatic heterocycles. The molecule has 0 fully saturated rings. The molecule has 148 valence electrons. The maximum absolute atomic E-state index is 11.8. The third-order valence-corrected chi connectivity index (χ3v) is 4.15. The van der Waals surface area contributed by atoms with Gasteiger partial charge in [0.1, 0.15) is 5.75 Å². The molecule has 0 saturated heterocycles. The Balaban J connectivity index is 1.61. The van der Waals surface area contributed by atoms with E-state index in [-0.39, 0.29) is 30.6 Å². The Bertz CT molecular complexity index is 804. The van der Waals surface area contributed by atoms with E-state index >= 15 is 0 Å². The molecule has 0 spiro atoms. The van der Waals surface area contributed by atoms with Gasteiger partial charge >= 0.3 is 0 Å². The van der Waals surface area contributed by atoms with Crippen LogP contribution in [0.3, 0.4) is 0 Å². The minimum atomic E-state index is -0.271. The summed E-state index contributed by atoms with van der Waals surface area (Å²) in [6.07, 6.45) is 1.25. The number of halogens is 1. The van der Waals surface area contributed by atoms with Crippen LogP contribution in [0.5, 0.6) is 5.75 Å². The number of nitrogens with one attached hydrogen (secondary N) is 2. The van der Waals surface area contributed by atoms with Gasteiger partial charge in [-0.3, -0.25) is 14.4 Å². The number of anilines is 1. The monoisotopic (exact) mass is 402 g/mol. The second kappa shape index (κ2) is 11.1. The Morgan fingerprint density at radius 1 is 0.964 bits per heavy atom. The smallest absolute Gasteiger partial charge is 0.257 e. The largest absolute Gasteiger partial charge is 0.484 e. The van der Waals surface area contributed by atoms with Gasteiger partial charge in [-0.25, -0.2) is 0 Å². The summed E-state index contributed by atoms with van der Waals surface area (Å²) in [7, 11) is 0. The van der Waals surface area contributed by atoms with Crippen LogP contribution < -0.4 is 15.4 Å². The standard InChI is InChI=1S/C21H23ClN2O4/c1-2-19(25)15-5-11-18(12-6-15)28-14-21(27)23-13-3-4-20(26)24-17-9-7-16(22)8-10-17/h5-12H,2-4,13-14H2,1H3,(H,23,27)(H,24,26). The lowest BCUT2D eigenvalue weighted by Gasteiger charge is -2.08. The van der Waals surface area contributed by atoms with Gasteiger partial charge in [-0.15, -0.1) is 0 Å². The van der Waals surface area contributed by atoms with E-state index in [0.717, 1.165) is 0 Å². The minimum absolute atomic E-state index is 0.0596. The van der Waals surface area contributed by atoms with Crippen LogP contribution in [0.1, 0.15) is 36.5 Å². The first-order chi connectivity index (χ1) is 13.5. The Hall–Kier alpha value is -2.86. The number of hydrogen-bond acceptors (Lipinski definition) is 4. The molecule has 0 aliphatic heterocycles. The van der Waals surface area contributed by atoms with Crippen molar-refractivity contribution in [3.05, 3.63) is 59.1 Å². The summed E-state index contributed by atoms with van der Waals surface area (Å²) < 4.78 is 5.39. The lowest BCUT2D eigenvalue weighted by Crippen LogP contribution is -2.30. The highest BCUT2D eigenvalue weighted by atomic mass is 35.5. The lowest BCUT2D eigenvalue weighted by molar-refractivity contribution is -0.123. The summed E-state index contributed by atoms with van der Waals surface area (Å²) >= 11 is 5.79. The molecule has 2 amide bonds. The first kappa shape index (κ1) is 21.4. The van der Waals surface area contributed by atoms with Crippen molar-refractivity contribution in [3.8, 4) is 5.75 Å². The fourth-order valence-electron chi connectivity index (χ4n) is 2.37. The maximum atomic E-state index is 11.8. The molecule has 0 aliphatic rings. The van der Waals surface area contributed by atoms with Gasteiger partial charge in [0.15, 0.2) is 12.4 Å². The van der Waals surface area contributed by atoms with Crippen molar-refractivity contribution in [3.63, 3.8) is 0 Å². The van der Waals surface area contributed by atoms with E-state index in [9.17, 15) is 14.4 Å². The number of amides is 2. The highest BCUT2D eigenvalue weighted by Gasteiger charge is 2.06. The van der Waals surface area contributed by atoms with Gasteiger partial charge in [0, 0.05) is 35.7 Å². The van der Waals surface area contributed by atoms with Gasteiger partial charge in [-0.1, -0.05) is 18.5 Å². The molecule has 2 rings (SSSR count). The van der Waals surface area contributed by atoms with Gasteiger partial charge in [-0.2, -0.15) is 0 Å². The number of rotatable bonds is 10. The van der Waals surface area contributed by atoms with Crippen LogP contribution in [-0.4, -0.2) is 30.7 Å². The molecule has 2 N–H and O–H groups in total. The van der Waals surface area contributed by atoms with Crippen molar-refractivity contribution in [2.45, 2.75) is 26.2 Å². The molecule has 0 atom stereocenters. The molecule has 6 nitrogen and oxygen atoms in total. The van der Waals surface area contributed by atoms with Crippen molar-refractivity contribution >= 4 is 34.9 Å². The first-order valence-corrected chi connectivity index (χ1v) is 9.44. The van der Waals surface area contributed by atoms with E-state index in [1.54, 1.807) is 55.5 Å². The predicted octanol–water partition coefficient (Wildman–Crippen LogP) is 3.85. The van der Waals surface area contributed by atoms with Crippen LogP contribution in [0.15, 0.2) is 48.5 Å². The summed E-state index contributed by atoms with van der Waals surface area (Å²) in [6.45, 7) is 2.05. The van der Waals surface area contributed by atoms with Crippen molar-refractivity contribution in [1.82, 2.24) is 5.32 Å². The van der Waals surface area contributed by atoms with E-state index in [1.165, 1.54) is 0 Å². The maximum Gasteiger partial charge on any atom is 0.257 e. The number of ether oxygens (including phenoxy) is 1. The second-order valence-electron chi connectivity index (χ2n) is 6.10. The van der Waals surface area contributed by atoms with Gasteiger partial charge in [0.25, 0.3) is 5.91 Å². The van der Waals surface area contributed by atoms with E-state index in [1.807, 2.05) is 0 Å². The van der Waals surface area contributed by atoms with E-state index in [2.05, 4.69) is 10.6 Å². The van der Waals surface area contributed by atoms with Crippen LogP contribution in [0.2, 0.25) is 5.02 Å². The number of Topliss-reactive ketones (excluding diaryl/α,β-unsaturated/α-hetero) is 1. The van der Waals surface area contributed by atoms with Crippen molar-refractivity contribution in [2.75, 3.05) is 18.5 Å². The Morgan fingerprint density at radius 3 is 2.29 bits per heavy atom. The molecule has 7 heteroatoms. The first-order valence-electron chi connectivity index (χ1n) is 9.06. The molecule has 0 saturated carbocycles. The van der Waals surface area contributed by atoms with Crippen LogP contribution in [0.25, 0.3) is 0 Å². The van der Waals surface area contributed by atoms with Crippen molar-refractivity contribution in [2.24, 2.45) is 0 Å². The summed E-state index contributed by atoms with van der Waals surface area (Å²) in [5.74, 6) is 0.177. The average Bonchev–Trinajstić information content (AvgIpc) is 2.71. The Labute approximate surface area is 169 Å². The number of benzene rings is 2. The molecule has 2 aromatic carbocycles. The van der Waals surface area contributed by atoms with Gasteiger partial charge in [0.2, 0.25) is 5.91 Å². The average molecular weight is 403 g/mol. The summed E-state index contributed by atoms with van der Waals surface area (Å²) in [5, 5.41) is 6.07. The van der Waals surface area contributed by atoms with Crippen molar-refractivity contribution in [1.29, 1.82) is 0 Å². The topological polar surface area (TPSA) is 84.5 Å². The summed E-state index contributed by atoms with van der Waals surface area (Å²) in [6, 6.07) is 13.5. The van der Waals surface area contributed by atoms with E-state index < -0.39 is 0 Å². The highest BCUT2D eigenvalue weighted by molar-refractivity contribution is 6.30. The molecule has 0 bridgehead atoms. The van der Waals surface area contributed by atoms with Gasteiger partial charge in [0.05, 0.1) is 0 Å². The van der Waals surface area contributed by atoms with Crippen molar-refractivity contribution < 1.29 is 19.1 Å². The van der Waals surface area contributed by atoms with E-state index in [4.69, 9.17) is 16.3 Å². The molecule has 0 unspecified atom stereocenters. The van der Waals surface area contributed by atoms with Gasteiger partial charge < -0.3 is 15.4 Å². The number of hydrogen-bond donors (Lipinski definition) is 2. The van der Waals surface area contributed by atoms with Gasteiger partial charge in [-0.05, 0) is 55.0 Å².